The van der Waals surface area contributed by atoms with Gasteiger partial charge in [0.05, 0.1) is 11.5 Å². The molecule has 0 unspecified atom stereocenters. The molecule has 0 saturated carbocycles. The Morgan fingerprint density at radius 2 is 1.92 bits per heavy atom. The lowest BCUT2D eigenvalue weighted by atomic mass is 9.97. The summed E-state index contributed by atoms with van der Waals surface area (Å²) in [6, 6.07) is 8.41. The predicted octanol–water partition coefficient (Wildman–Crippen LogP) is 3.71. The maximum atomic E-state index is 14.2. The van der Waals surface area contributed by atoms with Crippen LogP contribution in [0.2, 0.25) is 0 Å². The Hall–Kier alpha value is -2.50. The zero-order chi connectivity index (χ0) is 18.0. The summed E-state index contributed by atoms with van der Waals surface area (Å²) in [5, 5.41) is 9.15. The minimum absolute atomic E-state index is 0.184. The number of hydrogen-bond acceptors (Lipinski definition) is 4. The molecule has 0 atom stereocenters. The van der Waals surface area contributed by atoms with Crippen molar-refractivity contribution >= 4 is 11.8 Å². The van der Waals surface area contributed by atoms with E-state index in [0.717, 1.165) is 11.5 Å². The summed E-state index contributed by atoms with van der Waals surface area (Å²) in [6.07, 6.45) is 1.18. The van der Waals surface area contributed by atoms with Gasteiger partial charge in [0.25, 0.3) is 0 Å². The van der Waals surface area contributed by atoms with Crippen LogP contribution in [0.1, 0.15) is 38.3 Å². The van der Waals surface area contributed by atoms with E-state index in [2.05, 4.69) is 14.9 Å². The normalized spacial score (nSPS) is 15.6. The van der Waals surface area contributed by atoms with Gasteiger partial charge in [-0.3, -0.25) is 4.79 Å². The van der Waals surface area contributed by atoms with Crippen molar-refractivity contribution < 1.29 is 14.3 Å². The first kappa shape index (κ1) is 17.3. The third-order valence-electron chi connectivity index (χ3n) is 4.61. The Balaban J connectivity index is 1.95. The number of aromatic nitrogens is 2. The quantitative estimate of drug-likeness (QED) is 0.917. The van der Waals surface area contributed by atoms with Gasteiger partial charge >= 0.3 is 5.97 Å². The second kappa shape index (κ2) is 7.17. The Bertz CT molecular complexity index is 771. The number of benzene rings is 1. The molecule has 132 valence electrons. The van der Waals surface area contributed by atoms with E-state index < -0.39 is 5.97 Å². The van der Waals surface area contributed by atoms with Gasteiger partial charge in [-0.1, -0.05) is 26.0 Å². The van der Waals surface area contributed by atoms with Crippen molar-refractivity contribution in [2.45, 2.75) is 32.6 Å². The molecular formula is C19H22FN3O2. The van der Waals surface area contributed by atoms with Gasteiger partial charge in [-0.2, -0.15) is 0 Å². The van der Waals surface area contributed by atoms with Crippen LogP contribution in [0.15, 0.2) is 30.3 Å². The second-order valence-corrected chi connectivity index (χ2v) is 6.71. The van der Waals surface area contributed by atoms with E-state index in [-0.39, 0.29) is 17.7 Å². The molecule has 0 spiro atoms. The van der Waals surface area contributed by atoms with E-state index in [1.165, 1.54) is 6.07 Å². The fraction of sp³-hybridized carbons (Fsp3) is 0.421. The Labute approximate surface area is 146 Å². The molecule has 1 fully saturated rings. The molecule has 1 N–H and O–H groups in total. The highest BCUT2D eigenvalue weighted by molar-refractivity contribution is 5.70. The number of anilines is 1. The molecule has 2 heterocycles. The van der Waals surface area contributed by atoms with Crippen molar-refractivity contribution in [1.29, 1.82) is 0 Å². The van der Waals surface area contributed by atoms with E-state index in [1.807, 2.05) is 19.9 Å². The molecule has 1 aliphatic heterocycles. The van der Waals surface area contributed by atoms with Gasteiger partial charge in [0.15, 0.2) is 5.82 Å². The van der Waals surface area contributed by atoms with Gasteiger partial charge in [-0.25, -0.2) is 14.4 Å². The Morgan fingerprint density at radius 1 is 1.24 bits per heavy atom. The van der Waals surface area contributed by atoms with Crippen molar-refractivity contribution in [2.24, 2.45) is 5.92 Å². The topological polar surface area (TPSA) is 66.3 Å². The molecule has 1 aliphatic rings. The third kappa shape index (κ3) is 3.78. The van der Waals surface area contributed by atoms with Crippen molar-refractivity contribution in [1.82, 2.24) is 9.97 Å². The van der Waals surface area contributed by atoms with E-state index in [1.54, 1.807) is 18.2 Å². The van der Waals surface area contributed by atoms with Gasteiger partial charge in [0.1, 0.15) is 11.6 Å². The van der Waals surface area contributed by atoms with Crippen LogP contribution in [-0.4, -0.2) is 34.1 Å². The number of hydrogen-bond donors (Lipinski definition) is 1. The highest BCUT2D eigenvalue weighted by Gasteiger charge is 2.26. The highest BCUT2D eigenvalue weighted by Crippen LogP contribution is 2.28. The van der Waals surface area contributed by atoms with Crippen molar-refractivity contribution in [3.05, 3.63) is 41.8 Å². The molecular weight excluding hydrogens is 321 g/mol. The van der Waals surface area contributed by atoms with E-state index in [0.29, 0.717) is 37.3 Å². The van der Waals surface area contributed by atoms with Gasteiger partial charge in [-0.05, 0) is 30.9 Å². The maximum Gasteiger partial charge on any atom is 0.306 e. The third-order valence-corrected chi connectivity index (χ3v) is 4.61. The zero-order valence-electron chi connectivity index (χ0n) is 14.4. The number of nitrogens with zero attached hydrogens (tertiary/aromatic N) is 3. The Morgan fingerprint density at radius 3 is 2.52 bits per heavy atom. The first-order valence-electron chi connectivity index (χ1n) is 8.57. The number of aliphatic carboxylic acids is 1. The molecule has 0 aliphatic carbocycles. The van der Waals surface area contributed by atoms with E-state index in [4.69, 9.17) is 5.11 Å². The van der Waals surface area contributed by atoms with Crippen LogP contribution in [0.4, 0.5) is 10.2 Å². The van der Waals surface area contributed by atoms with Gasteiger partial charge in [0.2, 0.25) is 0 Å². The SMILES string of the molecule is CC(C)c1cc(N2CCC(C(=O)O)CC2)nc(-c2ccccc2F)n1. The first-order valence-corrected chi connectivity index (χ1v) is 8.57. The average molecular weight is 343 g/mol. The fourth-order valence-corrected chi connectivity index (χ4v) is 3.03. The molecule has 5 nitrogen and oxygen atoms in total. The average Bonchev–Trinajstić information content (AvgIpc) is 2.61. The summed E-state index contributed by atoms with van der Waals surface area (Å²) in [7, 11) is 0. The highest BCUT2D eigenvalue weighted by atomic mass is 19.1. The lowest BCUT2D eigenvalue weighted by molar-refractivity contribution is -0.142. The molecule has 1 saturated heterocycles. The van der Waals surface area contributed by atoms with E-state index in [9.17, 15) is 9.18 Å². The monoisotopic (exact) mass is 343 g/mol. The molecule has 0 bridgehead atoms. The van der Waals surface area contributed by atoms with Crippen LogP contribution in [0.25, 0.3) is 11.4 Å². The summed E-state index contributed by atoms with van der Waals surface area (Å²) in [5.74, 6) is -0.0887. The summed E-state index contributed by atoms with van der Waals surface area (Å²) in [4.78, 5) is 22.3. The number of carbonyl (C=O) groups is 1. The number of carboxylic acid groups (broad SMARTS) is 1. The smallest absolute Gasteiger partial charge is 0.306 e. The van der Waals surface area contributed by atoms with Crippen LogP contribution in [0, 0.1) is 11.7 Å². The van der Waals surface area contributed by atoms with Crippen LogP contribution in [0.3, 0.4) is 0 Å². The predicted molar refractivity (Wildman–Crippen MR) is 94.1 cm³/mol. The minimum atomic E-state index is -0.739. The van der Waals surface area contributed by atoms with Crippen LogP contribution in [-0.2, 0) is 4.79 Å². The first-order chi connectivity index (χ1) is 12.0. The summed E-state index contributed by atoms with van der Waals surface area (Å²) < 4.78 is 14.2. The lowest BCUT2D eigenvalue weighted by Gasteiger charge is -2.31. The van der Waals surface area contributed by atoms with Crippen LogP contribution < -0.4 is 4.90 Å². The van der Waals surface area contributed by atoms with Crippen molar-refractivity contribution in [3.8, 4) is 11.4 Å². The summed E-state index contributed by atoms with van der Waals surface area (Å²) in [6.45, 7) is 5.33. The maximum absolute atomic E-state index is 14.2. The molecule has 25 heavy (non-hydrogen) atoms. The number of piperidine rings is 1. The molecule has 3 rings (SSSR count). The molecule has 1 aromatic heterocycles. The molecule has 0 radical (unpaired) electrons. The zero-order valence-corrected chi connectivity index (χ0v) is 14.4. The number of rotatable bonds is 4. The molecule has 2 aromatic rings. The second-order valence-electron chi connectivity index (χ2n) is 6.71. The van der Waals surface area contributed by atoms with Crippen LogP contribution in [0.5, 0.6) is 0 Å². The van der Waals surface area contributed by atoms with Crippen molar-refractivity contribution in [3.63, 3.8) is 0 Å². The number of halogens is 1. The summed E-state index contributed by atoms with van der Waals surface area (Å²) in [5.41, 5.74) is 1.23. The van der Waals surface area contributed by atoms with Gasteiger partial charge in [-0.15, -0.1) is 0 Å². The summed E-state index contributed by atoms with van der Waals surface area (Å²) >= 11 is 0. The van der Waals surface area contributed by atoms with Gasteiger partial charge < -0.3 is 10.0 Å². The molecule has 6 heteroatoms. The van der Waals surface area contributed by atoms with Gasteiger partial charge in [0, 0.05) is 24.8 Å². The fourth-order valence-electron chi connectivity index (χ4n) is 3.03. The van der Waals surface area contributed by atoms with Crippen LogP contribution >= 0.6 is 0 Å². The molecule has 0 amide bonds. The van der Waals surface area contributed by atoms with E-state index >= 15 is 0 Å². The minimum Gasteiger partial charge on any atom is -0.481 e. The Kier molecular flexibility index (Phi) is 4.97. The lowest BCUT2D eigenvalue weighted by Crippen LogP contribution is -2.37. The molecule has 1 aromatic carbocycles. The standard InChI is InChI=1S/C19H22FN3O2/c1-12(2)16-11-17(23-9-7-13(8-10-23)19(24)25)22-18(21-16)14-5-3-4-6-15(14)20/h3-6,11-13H,7-10H2,1-2H3,(H,24,25). The largest absolute Gasteiger partial charge is 0.481 e. The number of carboxylic acids is 1. The van der Waals surface area contributed by atoms with Crippen molar-refractivity contribution in [2.75, 3.05) is 18.0 Å².